The van der Waals surface area contributed by atoms with E-state index in [-0.39, 0.29) is 5.56 Å². The molecule has 0 bridgehead atoms. The van der Waals surface area contributed by atoms with Crippen molar-refractivity contribution in [1.29, 1.82) is 0 Å². The monoisotopic (exact) mass is 221 g/mol. The average Bonchev–Trinajstić information content (AvgIpc) is 2.78. The van der Waals surface area contributed by atoms with Crippen molar-refractivity contribution >= 4 is 0 Å². The number of nitrogens with one attached hydrogen (secondary N) is 1. The topological polar surface area (TPSA) is 55.2 Å². The van der Waals surface area contributed by atoms with Crippen molar-refractivity contribution in [3.63, 3.8) is 0 Å². The number of aromatic nitrogens is 1. The quantitative estimate of drug-likeness (QED) is 0.848. The van der Waals surface area contributed by atoms with Crippen LogP contribution in [0.2, 0.25) is 0 Å². The van der Waals surface area contributed by atoms with E-state index in [1.807, 2.05) is 38.1 Å². The van der Waals surface area contributed by atoms with E-state index in [9.17, 15) is 4.79 Å². The maximum absolute atomic E-state index is 10.9. The number of H-pyrrole nitrogens is 1. The lowest BCUT2D eigenvalue weighted by Crippen LogP contribution is -1.92. The highest BCUT2D eigenvalue weighted by molar-refractivity contribution is 5.64. The molecule has 1 aromatic carbocycles. The third kappa shape index (κ3) is 2.53. The minimum Gasteiger partial charge on any atom is -0.496 e. The highest BCUT2D eigenvalue weighted by atomic mass is 16.5. The van der Waals surface area contributed by atoms with Gasteiger partial charge in [-0.3, -0.25) is 4.79 Å². The standard InChI is InChI=1S/C10H9NO3.C2H6/c1-13-8-5-3-2-4-7(8)9-6-10(12)11-14-9;1-2/h2-6H,1H3,(H,11,12);1-2H3. The third-order valence-electron chi connectivity index (χ3n) is 1.90. The van der Waals surface area contributed by atoms with Gasteiger partial charge in [-0.2, -0.15) is 5.16 Å². The Labute approximate surface area is 93.8 Å². The molecule has 1 aromatic heterocycles. The summed E-state index contributed by atoms with van der Waals surface area (Å²) >= 11 is 0. The number of methoxy groups -OCH3 is 1. The summed E-state index contributed by atoms with van der Waals surface area (Å²) in [6.07, 6.45) is 0. The Morgan fingerprint density at radius 3 is 2.50 bits per heavy atom. The van der Waals surface area contributed by atoms with Gasteiger partial charge in [0.05, 0.1) is 18.7 Å². The van der Waals surface area contributed by atoms with Crippen LogP contribution >= 0.6 is 0 Å². The summed E-state index contributed by atoms with van der Waals surface area (Å²) in [5.41, 5.74) is 0.499. The summed E-state index contributed by atoms with van der Waals surface area (Å²) in [5.74, 6) is 1.16. The Hall–Kier alpha value is -1.97. The molecule has 16 heavy (non-hydrogen) atoms. The zero-order valence-electron chi connectivity index (χ0n) is 9.61. The Bertz CT molecular complexity index is 485. The molecular formula is C12H15NO3. The molecule has 1 heterocycles. The molecule has 0 aliphatic heterocycles. The molecule has 0 amide bonds. The lowest BCUT2D eigenvalue weighted by Gasteiger charge is -2.03. The van der Waals surface area contributed by atoms with Crippen molar-refractivity contribution in [3.05, 3.63) is 40.7 Å². The van der Waals surface area contributed by atoms with E-state index in [0.29, 0.717) is 11.5 Å². The lowest BCUT2D eigenvalue weighted by atomic mass is 10.1. The number of benzene rings is 1. The first-order valence-electron chi connectivity index (χ1n) is 5.13. The van der Waals surface area contributed by atoms with Crippen LogP contribution in [0.5, 0.6) is 5.75 Å². The van der Waals surface area contributed by atoms with Crippen LogP contribution in [0, 0.1) is 0 Å². The SMILES string of the molecule is CC.COc1ccccc1-c1cc(=O)[nH]o1. The van der Waals surface area contributed by atoms with Gasteiger partial charge in [-0.25, -0.2) is 0 Å². The molecule has 4 nitrogen and oxygen atoms in total. The van der Waals surface area contributed by atoms with Gasteiger partial charge in [0.1, 0.15) is 5.75 Å². The summed E-state index contributed by atoms with van der Waals surface area (Å²) in [4.78, 5) is 10.9. The lowest BCUT2D eigenvalue weighted by molar-refractivity contribution is 0.404. The fourth-order valence-corrected chi connectivity index (χ4v) is 1.26. The van der Waals surface area contributed by atoms with E-state index < -0.39 is 0 Å². The third-order valence-corrected chi connectivity index (χ3v) is 1.90. The van der Waals surface area contributed by atoms with Crippen LogP contribution in [-0.2, 0) is 0 Å². The van der Waals surface area contributed by atoms with Gasteiger partial charge in [-0.1, -0.05) is 26.0 Å². The summed E-state index contributed by atoms with van der Waals surface area (Å²) < 4.78 is 10.1. The van der Waals surface area contributed by atoms with Crippen molar-refractivity contribution in [1.82, 2.24) is 5.16 Å². The molecule has 0 fully saturated rings. The second kappa shape index (κ2) is 5.80. The molecule has 0 spiro atoms. The predicted octanol–water partition coefficient (Wildman–Crippen LogP) is 2.67. The smallest absolute Gasteiger partial charge is 0.280 e. The minimum absolute atomic E-state index is 0.258. The van der Waals surface area contributed by atoms with Gasteiger partial charge in [0.15, 0.2) is 5.76 Å². The largest absolute Gasteiger partial charge is 0.496 e. The first-order valence-corrected chi connectivity index (χ1v) is 5.13. The highest BCUT2D eigenvalue weighted by Crippen LogP contribution is 2.27. The van der Waals surface area contributed by atoms with E-state index in [2.05, 4.69) is 5.16 Å². The van der Waals surface area contributed by atoms with Crippen molar-refractivity contribution in [2.24, 2.45) is 0 Å². The summed E-state index contributed by atoms with van der Waals surface area (Å²) in [5, 5.41) is 2.23. The van der Waals surface area contributed by atoms with Crippen molar-refractivity contribution in [3.8, 4) is 17.1 Å². The Morgan fingerprint density at radius 1 is 1.25 bits per heavy atom. The average molecular weight is 221 g/mol. The zero-order chi connectivity index (χ0) is 12.0. The van der Waals surface area contributed by atoms with Gasteiger partial charge in [0.2, 0.25) is 0 Å². The molecule has 0 aliphatic carbocycles. The Kier molecular flexibility index (Phi) is 4.39. The maximum Gasteiger partial charge on any atom is 0.280 e. The number of hydrogen-bond acceptors (Lipinski definition) is 3. The van der Waals surface area contributed by atoms with E-state index in [0.717, 1.165) is 5.56 Å². The minimum atomic E-state index is -0.258. The molecule has 2 aromatic rings. The highest BCUT2D eigenvalue weighted by Gasteiger charge is 2.08. The number of rotatable bonds is 2. The van der Waals surface area contributed by atoms with Crippen LogP contribution in [0.1, 0.15) is 13.8 Å². The summed E-state index contributed by atoms with van der Waals surface area (Å²) in [6, 6.07) is 8.73. The molecule has 86 valence electrons. The van der Waals surface area contributed by atoms with E-state index >= 15 is 0 Å². The molecule has 0 saturated heterocycles. The van der Waals surface area contributed by atoms with Crippen LogP contribution in [-0.4, -0.2) is 12.3 Å². The van der Waals surface area contributed by atoms with Gasteiger partial charge < -0.3 is 9.26 Å². The van der Waals surface area contributed by atoms with Crippen LogP contribution in [0.15, 0.2) is 39.6 Å². The van der Waals surface area contributed by atoms with Crippen LogP contribution in [0.25, 0.3) is 11.3 Å². The van der Waals surface area contributed by atoms with Crippen molar-refractivity contribution < 1.29 is 9.26 Å². The molecule has 4 heteroatoms. The number of ether oxygens (including phenoxy) is 1. The second-order valence-corrected chi connectivity index (χ2v) is 2.78. The molecule has 0 unspecified atom stereocenters. The molecule has 0 atom stereocenters. The van der Waals surface area contributed by atoms with Gasteiger partial charge in [0, 0.05) is 0 Å². The van der Waals surface area contributed by atoms with Gasteiger partial charge in [-0.15, -0.1) is 0 Å². The van der Waals surface area contributed by atoms with Crippen LogP contribution in [0.3, 0.4) is 0 Å². The molecule has 1 N–H and O–H groups in total. The van der Waals surface area contributed by atoms with Gasteiger partial charge in [0.25, 0.3) is 5.56 Å². The van der Waals surface area contributed by atoms with Crippen LogP contribution in [0.4, 0.5) is 0 Å². The fourth-order valence-electron chi connectivity index (χ4n) is 1.26. The zero-order valence-corrected chi connectivity index (χ0v) is 9.61. The molecule has 2 rings (SSSR count). The first kappa shape index (κ1) is 12.1. The predicted molar refractivity (Wildman–Crippen MR) is 62.7 cm³/mol. The number of aromatic amines is 1. The molecule has 0 saturated carbocycles. The summed E-state index contributed by atoms with van der Waals surface area (Å²) in [7, 11) is 1.57. The van der Waals surface area contributed by atoms with Crippen molar-refractivity contribution in [2.75, 3.05) is 7.11 Å². The first-order chi connectivity index (χ1) is 7.81. The van der Waals surface area contributed by atoms with E-state index in [4.69, 9.17) is 9.26 Å². The summed E-state index contributed by atoms with van der Waals surface area (Å²) in [6.45, 7) is 4.00. The molecular weight excluding hydrogens is 206 g/mol. The maximum atomic E-state index is 10.9. The molecule has 0 radical (unpaired) electrons. The van der Waals surface area contributed by atoms with Gasteiger partial charge >= 0.3 is 0 Å². The number of para-hydroxylation sites is 1. The number of hydrogen-bond donors (Lipinski definition) is 1. The van der Waals surface area contributed by atoms with E-state index in [1.54, 1.807) is 7.11 Å². The second-order valence-electron chi connectivity index (χ2n) is 2.78. The van der Waals surface area contributed by atoms with Crippen molar-refractivity contribution in [2.45, 2.75) is 13.8 Å². The fraction of sp³-hybridized carbons (Fsp3) is 0.250. The Morgan fingerprint density at radius 2 is 1.94 bits per heavy atom. The van der Waals surface area contributed by atoms with Crippen LogP contribution < -0.4 is 10.3 Å². The van der Waals surface area contributed by atoms with Gasteiger partial charge in [-0.05, 0) is 12.1 Å². The Balaban J connectivity index is 0.000000606. The molecule has 0 aliphatic rings. The normalized spacial score (nSPS) is 9.19. The van der Waals surface area contributed by atoms with E-state index in [1.165, 1.54) is 6.07 Å².